The Hall–Kier alpha value is -2.04. The van der Waals surface area contributed by atoms with Crippen LogP contribution in [-0.4, -0.2) is 37.7 Å². The summed E-state index contributed by atoms with van der Waals surface area (Å²) in [6.07, 6.45) is 2.54. The average Bonchev–Trinajstić information content (AvgIpc) is 2.67. The van der Waals surface area contributed by atoms with Crippen LogP contribution in [0.25, 0.3) is 0 Å². The second-order valence-electron chi connectivity index (χ2n) is 6.46. The Morgan fingerprint density at radius 3 is 2.68 bits per heavy atom. The first-order valence-corrected chi connectivity index (χ1v) is 9.14. The maximum Gasteiger partial charge on any atom is 0.169 e. The molecule has 0 amide bonds. The van der Waals surface area contributed by atoms with Crippen LogP contribution in [0.4, 0.5) is 0 Å². The molecular formula is C21H28N2O2. The number of hydrogen-bond donors (Lipinski definition) is 1. The van der Waals surface area contributed by atoms with E-state index in [-0.39, 0.29) is 0 Å². The number of nitrogens with zero attached hydrogens (tertiary/aromatic N) is 1. The van der Waals surface area contributed by atoms with E-state index in [0.717, 1.165) is 43.4 Å². The number of hydrogen-bond acceptors (Lipinski definition) is 4. The van der Waals surface area contributed by atoms with Crippen LogP contribution in [0, 0.1) is 0 Å². The lowest BCUT2D eigenvalue weighted by Crippen LogP contribution is -2.45. The molecule has 2 aromatic carbocycles. The van der Waals surface area contributed by atoms with Gasteiger partial charge in [0, 0.05) is 19.1 Å². The monoisotopic (exact) mass is 340 g/mol. The minimum absolute atomic E-state index is 0.623. The molecule has 2 aromatic rings. The van der Waals surface area contributed by atoms with Crippen molar-refractivity contribution >= 4 is 0 Å². The number of rotatable bonds is 7. The van der Waals surface area contributed by atoms with Crippen molar-refractivity contribution in [2.45, 2.75) is 32.4 Å². The van der Waals surface area contributed by atoms with Gasteiger partial charge in [-0.3, -0.25) is 4.90 Å². The number of ether oxygens (including phenoxy) is 2. The smallest absolute Gasteiger partial charge is 0.169 e. The topological polar surface area (TPSA) is 33.7 Å². The lowest BCUT2D eigenvalue weighted by atomic mass is 10.0. The molecule has 1 aliphatic rings. The summed E-state index contributed by atoms with van der Waals surface area (Å²) < 4.78 is 11.4. The van der Waals surface area contributed by atoms with E-state index < -0.39 is 0 Å². The SMILES string of the molecule is CCN(Cc1cccc(Oc2ccccc2OC)c1)C1CCCNC1. The average molecular weight is 340 g/mol. The van der Waals surface area contributed by atoms with Crippen molar-refractivity contribution in [1.29, 1.82) is 0 Å². The highest BCUT2D eigenvalue weighted by atomic mass is 16.5. The number of nitrogens with one attached hydrogen (secondary N) is 1. The Bertz CT molecular complexity index is 668. The summed E-state index contributed by atoms with van der Waals surface area (Å²) >= 11 is 0. The van der Waals surface area contributed by atoms with E-state index in [0.29, 0.717) is 6.04 Å². The fourth-order valence-electron chi connectivity index (χ4n) is 3.42. The third-order valence-corrected chi connectivity index (χ3v) is 4.77. The normalized spacial score (nSPS) is 17.5. The van der Waals surface area contributed by atoms with Crippen molar-refractivity contribution < 1.29 is 9.47 Å². The molecule has 4 heteroatoms. The first-order valence-electron chi connectivity index (χ1n) is 9.14. The zero-order valence-corrected chi connectivity index (χ0v) is 15.2. The van der Waals surface area contributed by atoms with Crippen LogP contribution in [0.2, 0.25) is 0 Å². The minimum Gasteiger partial charge on any atom is -0.493 e. The van der Waals surface area contributed by atoms with Crippen LogP contribution >= 0.6 is 0 Å². The van der Waals surface area contributed by atoms with Crippen LogP contribution in [0.15, 0.2) is 48.5 Å². The molecule has 4 nitrogen and oxygen atoms in total. The summed E-state index contributed by atoms with van der Waals surface area (Å²) in [5.74, 6) is 2.34. The van der Waals surface area contributed by atoms with Crippen LogP contribution in [0.1, 0.15) is 25.3 Å². The van der Waals surface area contributed by atoms with Gasteiger partial charge in [-0.25, -0.2) is 0 Å². The number of benzene rings is 2. The van der Waals surface area contributed by atoms with Crippen molar-refractivity contribution in [3.63, 3.8) is 0 Å². The van der Waals surface area contributed by atoms with Crippen LogP contribution in [0.5, 0.6) is 17.2 Å². The molecular weight excluding hydrogens is 312 g/mol. The molecule has 0 radical (unpaired) electrons. The predicted octanol–water partition coefficient (Wildman–Crippen LogP) is 4.06. The largest absolute Gasteiger partial charge is 0.493 e. The van der Waals surface area contributed by atoms with E-state index in [9.17, 15) is 0 Å². The van der Waals surface area contributed by atoms with E-state index in [2.05, 4.69) is 35.3 Å². The van der Waals surface area contributed by atoms with Gasteiger partial charge in [0.1, 0.15) is 5.75 Å². The van der Waals surface area contributed by atoms with Gasteiger partial charge in [-0.05, 0) is 55.8 Å². The first-order chi connectivity index (χ1) is 12.3. The quantitative estimate of drug-likeness (QED) is 0.824. The molecule has 1 heterocycles. The Morgan fingerprint density at radius 1 is 1.12 bits per heavy atom. The first kappa shape index (κ1) is 17.8. The number of methoxy groups -OCH3 is 1. The van der Waals surface area contributed by atoms with Gasteiger partial charge < -0.3 is 14.8 Å². The molecule has 0 spiro atoms. The maximum absolute atomic E-state index is 6.05. The lowest BCUT2D eigenvalue weighted by Gasteiger charge is -2.34. The van der Waals surface area contributed by atoms with E-state index in [1.807, 2.05) is 30.3 Å². The van der Waals surface area contributed by atoms with Crippen molar-refractivity contribution in [1.82, 2.24) is 10.2 Å². The Morgan fingerprint density at radius 2 is 1.96 bits per heavy atom. The molecule has 3 rings (SSSR count). The van der Waals surface area contributed by atoms with E-state index in [1.165, 1.54) is 18.4 Å². The molecule has 1 atom stereocenters. The van der Waals surface area contributed by atoms with E-state index >= 15 is 0 Å². The molecule has 1 N–H and O–H groups in total. The van der Waals surface area contributed by atoms with E-state index in [4.69, 9.17) is 9.47 Å². The summed E-state index contributed by atoms with van der Waals surface area (Å²) in [6.45, 7) is 6.49. The minimum atomic E-state index is 0.623. The molecule has 134 valence electrons. The number of para-hydroxylation sites is 2. The summed E-state index contributed by atoms with van der Waals surface area (Å²) in [6, 6.07) is 16.7. The summed E-state index contributed by atoms with van der Waals surface area (Å²) in [4.78, 5) is 2.55. The van der Waals surface area contributed by atoms with Crippen LogP contribution in [0.3, 0.4) is 0 Å². The van der Waals surface area contributed by atoms with Gasteiger partial charge in [-0.15, -0.1) is 0 Å². The highest BCUT2D eigenvalue weighted by molar-refractivity contribution is 5.43. The Balaban J connectivity index is 1.70. The fraction of sp³-hybridized carbons (Fsp3) is 0.429. The molecule has 1 unspecified atom stereocenters. The van der Waals surface area contributed by atoms with Crippen molar-refractivity contribution in [2.75, 3.05) is 26.7 Å². The molecule has 1 fully saturated rings. The van der Waals surface area contributed by atoms with Gasteiger partial charge >= 0.3 is 0 Å². The molecule has 1 aliphatic heterocycles. The van der Waals surface area contributed by atoms with Gasteiger partial charge in [-0.1, -0.05) is 31.2 Å². The molecule has 1 saturated heterocycles. The third kappa shape index (κ3) is 4.74. The van der Waals surface area contributed by atoms with Gasteiger partial charge in [0.05, 0.1) is 7.11 Å². The third-order valence-electron chi connectivity index (χ3n) is 4.77. The van der Waals surface area contributed by atoms with Gasteiger partial charge in [0.2, 0.25) is 0 Å². The second kappa shape index (κ2) is 8.88. The van der Waals surface area contributed by atoms with Crippen LogP contribution < -0.4 is 14.8 Å². The zero-order valence-electron chi connectivity index (χ0n) is 15.2. The fourth-order valence-corrected chi connectivity index (χ4v) is 3.42. The predicted molar refractivity (Wildman–Crippen MR) is 101 cm³/mol. The summed E-state index contributed by atoms with van der Waals surface area (Å²) in [5.41, 5.74) is 1.28. The standard InChI is InChI=1S/C21H28N2O2/c1-3-23(18-9-7-13-22-15-18)16-17-8-6-10-19(14-17)25-21-12-5-4-11-20(21)24-2/h4-6,8,10-12,14,18,22H,3,7,9,13,15-16H2,1-2H3. The van der Waals surface area contributed by atoms with Crippen molar-refractivity contribution in [3.05, 3.63) is 54.1 Å². The second-order valence-corrected chi connectivity index (χ2v) is 6.46. The lowest BCUT2D eigenvalue weighted by molar-refractivity contribution is 0.166. The maximum atomic E-state index is 6.05. The highest BCUT2D eigenvalue weighted by Crippen LogP contribution is 2.31. The molecule has 0 aliphatic carbocycles. The molecule has 0 bridgehead atoms. The van der Waals surface area contributed by atoms with Gasteiger partial charge in [0.25, 0.3) is 0 Å². The molecule has 0 saturated carbocycles. The highest BCUT2D eigenvalue weighted by Gasteiger charge is 2.19. The Kier molecular flexibility index (Phi) is 6.31. The van der Waals surface area contributed by atoms with Gasteiger partial charge in [-0.2, -0.15) is 0 Å². The number of piperidine rings is 1. The number of likely N-dealkylation sites (N-methyl/N-ethyl adjacent to an activating group) is 1. The summed E-state index contributed by atoms with van der Waals surface area (Å²) in [7, 11) is 1.66. The molecule has 0 aromatic heterocycles. The van der Waals surface area contributed by atoms with Crippen molar-refractivity contribution in [2.24, 2.45) is 0 Å². The molecule has 25 heavy (non-hydrogen) atoms. The van der Waals surface area contributed by atoms with Crippen LogP contribution in [-0.2, 0) is 6.54 Å². The van der Waals surface area contributed by atoms with Crippen molar-refractivity contribution in [3.8, 4) is 17.2 Å². The summed E-state index contributed by atoms with van der Waals surface area (Å²) in [5, 5.41) is 3.51. The zero-order chi connectivity index (χ0) is 17.5. The van der Waals surface area contributed by atoms with Gasteiger partial charge in [0.15, 0.2) is 11.5 Å². The van der Waals surface area contributed by atoms with E-state index in [1.54, 1.807) is 7.11 Å². The Labute approximate surface area is 150 Å².